The average Bonchev–Trinajstić information content (AvgIpc) is 3.84. The van der Waals surface area contributed by atoms with Crippen molar-refractivity contribution in [3.05, 3.63) is 160 Å². The topological polar surface area (TPSA) is 99.6 Å². The van der Waals surface area contributed by atoms with Gasteiger partial charge in [0.05, 0.1) is 63.8 Å². The third kappa shape index (κ3) is 6.21. The molecule has 5 atom stereocenters. The van der Waals surface area contributed by atoms with Gasteiger partial charge in [-0.1, -0.05) is 110 Å². The SMILES string of the molecule is COc1ccc([Si](C)(C)[C@H]2[C@H](CC(=O)N3Cc4ccccc4C[C@H]3CO)O[C@@]3(C(=O)N(Cc4ccc(N5C(=O)c6cccc7cccc5c67)cc4)c4ccc(Cl)cc43)[C@@H]2C)cc1. The van der Waals surface area contributed by atoms with Gasteiger partial charge in [0.2, 0.25) is 5.91 Å². The fraction of sp³-hybridized carbons (Fsp3) is 0.275. The van der Waals surface area contributed by atoms with Gasteiger partial charge in [-0.3, -0.25) is 19.3 Å². The number of methoxy groups -OCH3 is 1. The Balaban J connectivity index is 0.997. The van der Waals surface area contributed by atoms with Crippen LogP contribution in [0.2, 0.25) is 23.7 Å². The maximum atomic E-state index is 15.5. The second-order valence-electron chi connectivity index (χ2n) is 17.7. The fourth-order valence-corrected chi connectivity index (χ4v) is 15.3. The van der Waals surface area contributed by atoms with Crippen LogP contribution in [0, 0.1) is 5.92 Å². The molecule has 1 N–H and O–H groups in total. The molecule has 3 amide bonds. The Morgan fingerprint density at radius 1 is 0.887 bits per heavy atom. The van der Waals surface area contributed by atoms with E-state index >= 15 is 4.79 Å². The van der Waals surface area contributed by atoms with Crippen molar-refractivity contribution < 1.29 is 29.0 Å². The summed E-state index contributed by atoms with van der Waals surface area (Å²) in [4.78, 5) is 49.2. The summed E-state index contributed by atoms with van der Waals surface area (Å²) < 4.78 is 12.8. The van der Waals surface area contributed by atoms with Gasteiger partial charge in [-0.25, -0.2) is 0 Å². The first-order chi connectivity index (χ1) is 29.9. The minimum atomic E-state index is -2.56. The van der Waals surface area contributed by atoms with Gasteiger partial charge >= 0.3 is 0 Å². The first-order valence-corrected chi connectivity index (χ1v) is 24.8. The van der Waals surface area contributed by atoms with E-state index < -0.39 is 19.8 Å². The molecule has 11 heteroatoms. The van der Waals surface area contributed by atoms with E-state index in [1.54, 1.807) is 27.9 Å². The van der Waals surface area contributed by atoms with E-state index in [2.05, 4.69) is 38.2 Å². The van der Waals surface area contributed by atoms with E-state index in [1.165, 1.54) is 0 Å². The van der Waals surface area contributed by atoms with E-state index in [-0.39, 0.29) is 54.8 Å². The number of hydrogen-bond donors (Lipinski definition) is 1. The van der Waals surface area contributed by atoms with E-state index in [1.807, 2.05) is 103 Å². The predicted octanol–water partition coefficient (Wildman–Crippen LogP) is 8.89. The van der Waals surface area contributed by atoms with Crippen molar-refractivity contribution in [3.8, 4) is 5.75 Å². The normalized spacial score (nSPS) is 22.8. The number of rotatable bonds is 9. The van der Waals surface area contributed by atoms with Gasteiger partial charge in [0.25, 0.3) is 11.8 Å². The van der Waals surface area contributed by atoms with Crippen LogP contribution in [0.4, 0.5) is 17.1 Å². The molecule has 1 fully saturated rings. The Morgan fingerprint density at radius 2 is 1.61 bits per heavy atom. The molecule has 62 heavy (non-hydrogen) atoms. The van der Waals surface area contributed by atoms with E-state index in [0.29, 0.717) is 29.1 Å². The molecule has 0 unspecified atom stereocenters. The number of aliphatic hydroxyl groups is 1. The molecule has 4 heterocycles. The monoisotopic (exact) mass is 861 g/mol. The number of aliphatic hydroxyl groups excluding tert-OH is 1. The number of nitrogens with zero attached hydrogens (tertiary/aromatic N) is 3. The Morgan fingerprint density at radius 3 is 2.34 bits per heavy atom. The van der Waals surface area contributed by atoms with Crippen LogP contribution in [-0.4, -0.2) is 61.7 Å². The zero-order chi connectivity index (χ0) is 43.1. The van der Waals surface area contributed by atoms with Gasteiger partial charge in [-0.2, -0.15) is 0 Å². The maximum absolute atomic E-state index is 15.5. The van der Waals surface area contributed by atoms with Crippen molar-refractivity contribution in [2.75, 3.05) is 23.5 Å². The molecule has 6 aromatic rings. The molecule has 0 radical (unpaired) electrons. The molecule has 10 rings (SSSR count). The first kappa shape index (κ1) is 40.3. The van der Waals surface area contributed by atoms with E-state index in [9.17, 15) is 14.7 Å². The lowest BCUT2D eigenvalue weighted by molar-refractivity contribution is -0.151. The summed E-state index contributed by atoms with van der Waals surface area (Å²) in [6.45, 7) is 7.20. The largest absolute Gasteiger partial charge is 0.497 e. The quantitative estimate of drug-likeness (QED) is 0.146. The molecule has 1 spiro atoms. The fourth-order valence-electron chi connectivity index (χ4n) is 11.1. The predicted molar refractivity (Wildman–Crippen MR) is 245 cm³/mol. The lowest BCUT2D eigenvalue weighted by Gasteiger charge is -2.39. The number of ether oxygens (including phenoxy) is 2. The first-order valence-electron chi connectivity index (χ1n) is 21.3. The number of amides is 3. The Bertz CT molecular complexity index is 2770. The second kappa shape index (κ2) is 15.2. The summed E-state index contributed by atoms with van der Waals surface area (Å²) in [6.07, 6.45) is 0.0110. The zero-order valence-corrected chi connectivity index (χ0v) is 36.9. The highest BCUT2D eigenvalue weighted by Gasteiger charge is 2.66. The number of anilines is 3. The summed E-state index contributed by atoms with van der Waals surface area (Å²) in [5.74, 6) is 0.0396. The highest BCUT2D eigenvalue weighted by Crippen LogP contribution is 2.60. The highest BCUT2D eigenvalue weighted by atomic mass is 35.5. The van der Waals surface area contributed by atoms with Crippen LogP contribution in [0.1, 0.15) is 46.0 Å². The smallest absolute Gasteiger partial charge is 0.264 e. The van der Waals surface area contributed by atoms with Gasteiger partial charge in [-0.05, 0) is 88.6 Å². The standard InChI is InChI=1S/C51H48ClN3O6Si/c1-31-48(62(3,4)40-22-20-39(60-2)21-23-40)45(27-46(57)53-29-35-10-6-5-9-34(35)25-38(53)30-56)61-51(31)42-26-36(52)17-24-43(42)54(50(51)59)28-32-15-18-37(19-16-32)55-44-14-8-12-33-11-7-13-41(47(33)44)49(55)58/h5-24,26,31,38,45,48,56H,25,27-30H2,1-4H3/t31-,38+,45+,48-,51+/m1/s1. The summed E-state index contributed by atoms with van der Waals surface area (Å²) in [5.41, 5.74) is 5.20. The van der Waals surface area contributed by atoms with Crippen LogP contribution in [0.25, 0.3) is 10.8 Å². The third-order valence-electron chi connectivity index (χ3n) is 14.2. The molecule has 6 aromatic carbocycles. The molecular formula is C51H48ClN3O6Si. The van der Waals surface area contributed by atoms with Crippen molar-refractivity contribution in [3.63, 3.8) is 0 Å². The van der Waals surface area contributed by atoms with Gasteiger partial charge in [0.15, 0.2) is 5.60 Å². The molecule has 0 bridgehead atoms. The third-order valence-corrected chi connectivity index (χ3v) is 18.7. The van der Waals surface area contributed by atoms with Gasteiger partial charge < -0.3 is 24.4 Å². The van der Waals surface area contributed by atoms with Gasteiger partial charge in [0.1, 0.15) is 5.75 Å². The number of halogens is 1. The Hall–Kier alpha value is -5.78. The summed E-state index contributed by atoms with van der Waals surface area (Å²) in [7, 11) is -0.914. The number of carbonyl (C=O) groups excluding carboxylic acids is 3. The molecule has 0 aromatic heterocycles. The second-order valence-corrected chi connectivity index (χ2v) is 22.9. The van der Waals surface area contributed by atoms with E-state index in [4.69, 9.17) is 21.1 Å². The van der Waals surface area contributed by atoms with Crippen LogP contribution in [0.3, 0.4) is 0 Å². The zero-order valence-electron chi connectivity index (χ0n) is 35.2. The van der Waals surface area contributed by atoms with Gasteiger partial charge in [-0.15, -0.1) is 0 Å². The molecule has 0 saturated carbocycles. The highest BCUT2D eigenvalue weighted by molar-refractivity contribution is 6.91. The number of fused-ring (bicyclic) bond motifs is 3. The molecule has 314 valence electrons. The van der Waals surface area contributed by atoms with Crippen LogP contribution in [0.15, 0.2) is 127 Å². The maximum Gasteiger partial charge on any atom is 0.264 e. The lowest BCUT2D eigenvalue weighted by atomic mass is 9.82. The Kier molecular flexibility index (Phi) is 9.90. The Labute approximate surface area is 367 Å². The molecule has 4 aliphatic heterocycles. The number of carbonyl (C=O) groups is 3. The number of hydrogen-bond acceptors (Lipinski definition) is 6. The van der Waals surface area contributed by atoms with Crippen molar-refractivity contribution >= 4 is 70.4 Å². The van der Waals surface area contributed by atoms with Crippen molar-refractivity contribution in [2.24, 2.45) is 5.92 Å². The van der Waals surface area contributed by atoms with Gasteiger partial charge in [0, 0.05) is 34.1 Å². The van der Waals surface area contributed by atoms with Crippen molar-refractivity contribution in [1.82, 2.24) is 4.90 Å². The van der Waals surface area contributed by atoms with E-state index in [0.717, 1.165) is 55.5 Å². The molecule has 1 saturated heterocycles. The summed E-state index contributed by atoms with van der Waals surface area (Å²) >= 11 is 6.78. The molecule has 4 aliphatic rings. The lowest BCUT2D eigenvalue weighted by Crippen LogP contribution is -2.52. The van der Waals surface area contributed by atoms with Crippen LogP contribution < -0.4 is 19.7 Å². The van der Waals surface area contributed by atoms with Crippen LogP contribution in [0.5, 0.6) is 5.75 Å². The van der Waals surface area contributed by atoms with Crippen molar-refractivity contribution in [1.29, 1.82) is 0 Å². The minimum absolute atomic E-state index is 0.0550. The summed E-state index contributed by atoms with van der Waals surface area (Å²) in [5, 5.41) is 14.2. The van der Waals surface area contributed by atoms with Crippen molar-refractivity contribution in [2.45, 2.75) is 69.2 Å². The van der Waals surface area contributed by atoms with Crippen LogP contribution in [-0.2, 0) is 39.4 Å². The molecule has 0 aliphatic carbocycles. The molecular weight excluding hydrogens is 814 g/mol. The molecule has 9 nitrogen and oxygen atoms in total. The number of benzene rings is 6. The van der Waals surface area contributed by atoms with Crippen LogP contribution >= 0.6 is 11.6 Å². The summed E-state index contributed by atoms with van der Waals surface area (Å²) in [6, 6.07) is 41.0. The average molecular weight is 862 g/mol. The minimum Gasteiger partial charge on any atom is -0.497 e.